The van der Waals surface area contributed by atoms with E-state index in [1.807, 2.05) is 0 Å². The van der Waals surface area contributed by atoms with Gasteiger partial charge in [0.2, 0.25) is 11.7 Å². The summed E-state index contributed by atoms with van der Waals surface area (Å²) in [6, 6.07) is 0. The highest BCUT2D eigenvalue weighted by Gasteiger charge is 2.31. The van der Waals surface area contributed by atoms with Crippen LogP contribution in [-0.4, -0.2) is 44.8 Å². The van der Waals surface area contributed by atoms with Gasteiger partial charge in [0.05, 0.1) is 24.1 Å². The van der Waals surface area contributed by atoms with Crippen LogP contribution in [0.2, 0.25) is 0 Å². The predicted molar refractivity (Wildman–Crippen MR) is 80.6 cm³/mol. The van der Waals surface area contributed by atoms with Crippen LogP contribution >= 0.6 is 0 Å². The van der Waals surface area contributed by atoms with E-state index in [4.69, 9.17) is 4.42 Å². The van der Waals surface area contributed by atoms with Crippen molar-refractivity contribution in [3.05, 3.63) is 35.6 Å². The Balaban J connectivity index is 1.62. The summed E-state index contributed by atoms with van der Waals surface area (Å²) < 4.78 is 5.17. The molecule has 2 aromatic heterocycles. The van der Waals surface area contributed by atoms with Crippen LogP contribution in [-0.2, 0) is 11.3 Å². The molecule has 0 bridgehead atoms. The van der Waals surface area contributed by atoms with Crippen LogP contribution in [0, 0.1) is 6.92 Å². The lowest BCUT2D eigenvalue weighted by Crippen LogP contribution is -2.28. The van der Waals surface area contributed by atoms with Crippen LogP contribution in [0.5, 0.6) is 0 Å². The lowest BCUT2D eigenvalue weighted by atomic mass is 10.1. The molecule has 0 aliphatic carbocycles. The number of aryl methyl sites for hydroxylation is 1. The molecule has 0 radical (unpaired) electrons. The van der Waals surface area contributed by atoms with Crippen molar-refractivity contribution in [2.75, 3.05) is 13.1 Å². The Kier molecular flexibility index (Phi) is 4.14. The van der Waals surface area contributed by atoms with Crippen molar-refractivity contribution in [2.45, 2.75) is 32.7 Å². The Morgan fingerprint density at radius 1 is 1.48 bits per heavy atom. The van der Waals surface area contributed by atoms with Crippen LogP contribution in [0.25, 0.3) is 0 Å². The molecule has 23 heavy (non-hydrogen) atoms. The summed E-state index contributed by atoms with van der Waals surface area (Å²) in [6.45, 7) is 4.90. The van der Waals surface area contributed by atoms with Crippen LogP contribution < -0.4 is 5.32 Å². The molecule has 8 nitrogen and oxygen atoms in total. The molecule has 122 valence electrons. The van der Waals surface area contributed by atoms with Crippen molar-refractivity contribution in [3.8, 4) is 0 Å². The van der Waals surface area contributed by atoms with Gasteiger partial charge >= 0.3 is 0 Å². The standard InChI is InChI=1S/C15H19N5O3/c1-9-13(23-8-18-9)15(22)20-4-3-11(7-20)14-17-6-12(19-14)5-16-10(2)21/h6,8,11H,3-5,7H2,1-2H3,(H,16,21)(H,17,19). The fraction of sp³-hybridized carbons (Fsp3) is 0.467. The molecule has 1 fully saturated rings. The zero-order chi connectivity index (χ0) is 16.4. The number of aromatic amines is 1. The third-order valence-electron chi connectivity index (χ3n) is 3.98. The molecular formula is C15H19N5O3. The molecule has 1 aliphatic rings. The van der Waals surface area contributed by atoms with E-state index in [-0.39, 0.29) is 17.7 Å². The van der Waals surface area contributed by atoms with Gasteiger partial charge in [0.15, 0.2) is 6.39 Å². The van der Waals surface area contributed by atoms with Crippen molar-refractivity contribution < 1.29 is 14.0 Å². The number of H-pyrrole nitrogens is 1. The number of likely N-dealkylation sites (tertiary alicyclic amines) is 1. The molecule has 1 saturated heterocycles. The first-order chi connectivity index (χ1) is 11.0. The molecule has 1 aliphatic heterocycles. The first kappa shape index (κ1) is 15.3. The number of carbonyl (C=O) groups excluding carboxylic acids is 2. The zero-order valence-electron chi connectivity index (χ0n) is 13.1. The molecule has 1 atom stereocenters. The Bertz CT molecular complexity index is 720. The van der Waals surface area contributed by atoms with Crippen LogP contribution in [0.4, 0.5) is 0 Å². The summed E-state index contributed by atoms with van der Waals surface area (Å²) in [5.41, 5.74) is 1.46. The van der Waals surface area contributed by atoms with Gasteiger partial charge in [-0.1, -0.05) is 0 Å². The van der Waals surface area contributed by atoms with E-state index in [1.165, 1.54) is 13.3 Å². The maximum absolute atomic E-state index is 12.4. The van der Waals surface area contributed by atoms with Gasteiger partial charge in [-0.25, -0.2) is 9.97 Å². The van der Waals surface area contributed by atoms with Crippen molar-refractivity contribution in [2.24, 2.45) is 0 Å². The number of amides is 2. The van der Waals surface area contributed by atoms with E-state index in [9.17, 15) is 9.59 Å². The van der Waals surface area contributed by atoms with Crippen molar-refractivity contribution in [1.82, 2.24) is 25.2 Å². The van der Waals surface area contributed by atoms with E-state index in [0.29, 0.717) is 31.1 Å². The lowest BCUT2D eigenvalue weighted by molar-refractivity contribution is -0.119. The largest absolute Gasteiger partial charge is 0.438 e. The maximum Gasteiger partial charge on any atom is 0.291 e. The van der Waals surface area contributed by atoms with Gasteiger partial charge in [-0.3, -0.25) is 9.59 Å². The summed E-state index contributed by atoms with van der Waals surface area (Å²) in [6.07, 6.45) is 3.85. The van der Waals surface area contributed by atoms with Crippen molar-refractivity contribution >= 4 is 11.8 Å². The summed E-state index contributed by atoms with van der Waals surface area (Å²) in [4.78, 5) is 36.6. The lowest BCUT2D eigenvalue weighted by Gasteiger charge is -2.14. The third-order valence-corrected chi connectivity index (χ3v) is 3.98. The molecule has 0 spiro atoms. The highest BCUT2D eigenvalue weighted by molar-refractivity contribution is 5.92. The van der Waals surface area contributed by atoms with E-state index >= 15 is 0 Å². The van der Waals surface area contributed by atoms with Gasteiger partial charge in [0.25, 0.3) is 5.91 Å². The minimum atomic E-state index is -0.132. The van der Waals surface area contributed by atoms with E-state index in [1.54, 1.807) is 18.0 Å². The quantitative estimate of drug-likeness (QED) is 0.874. The second-order valence-electron chi connectivity index (χ2n) is 5.71. The SMILES string of the molecule is CC(=O)NCc1cnc(C2CCN(C(=O)c3ocnc3C)C2)[nH]1. The number of imidazole rings is 1. The smallest absolute Gasteiger partial charge is 0.291 e. The zero-order valence-corrected chi connectivity index (χ0v) is 13.1. The number of nitrogens with one attached hydrogen (secondary N) is 2. The fourth-order valence-corrected chi connectivity index (χ4v) is 2.71. The Morgan fingerprint density at radius 2 is 2.30 bits per heavy atom. The maximum atomic E-state index is 12.4. The molecular weight excluding hydrogens is 298 g/mol. The molecule has 0 saturated carbocycles. The van der Waals surface area contributed by atoms with Gasteiger partial charge in [-0.2, -0.15) is 0 Å². The summed E-state index contributed by atoms with van der Waals surface area (Å²) in [5.74, 6) is 1.09. The number of nitrogens with zero attached hydrogens (tertiary/aromatic N) is 3. The summed E-state index contributed by atoms with van der Waals surface area (Å²) in [7, 11) is 0. The highest BCUT2D eigenvalue weighted by Crippen LogP contribution is 2.26. The van der Waals surface area contributed by atoms with Crippen LogP contribution in [0.15, 0.2) is 17.0 Å². The molecule has 3 heterocycles. The summed E-state index contributed by atoms with van der Waals surface area (Å²) >= 11 is 0. The van der Waals surface area contributed by atoms with Crippen molar-refractivity contribution in [1.29, 1.82) is 0 Å². The molecule has 0 aromatic carbocycles. The number of hydrogen-bond donors (Lipinski definition) is 2. The minimum Gasteiger partial charge on any atom is -0.438 e. The first-order valence-electron chi connectivity index (χ1n) is 7.52. The number of carbonyl (C=O) groups is 2. The Labute approximate surface area is 133 Å². The second kappa shape index (κ2) is 6.23. The average molecular weight is 317 g/mol. The van der Waals surface area contributed by atoms with E-state index in [2.05, 4.69) is 20.3 Å². The molecule has 2 N–H and O–H groups in total. The fourth-order valence-electron chi connectivity index (χ4n) is 2.71. The van der Waals surface area contributed by atoms with Gasteiger partial charge < -0.3 is 19.6 Å². The van der Waals surface area contributed by atoms with E-state index in [0.717, 1.165) is 17.9 Å². The Morgan fingerprint density at radius 3 is 3.00 bits per heavy atom. The van der Waals surface area contributed by atoms with Crippen molar-refractivity contribution in [3.63, 3.8) is 0 Å². The number of hydrogen-bond acceptors (Lipinski definition) is 5. The van der Waals surface area contributed by atoms with Gasteiger partial charge in [0.1, 0.15) is 5.82 Å². The normalized spacial score (nSPS) is 17.5. The van der Waals surface area contributed by atoms with Gasteiger partial charge in [0, 0.05) is 25.9 Å². The summed E-state index contributed by atoms with van der Waals surface area (Å²) in [5, 5.41) is 2.72. The third kappa shape index (κ3) is 3.25. The highest BCUT2D eigenvalue weighted by atomic mass is 16.3. The number of rotatable bonds is 4. The number of aromatic nitrogens is 3. The molecule has 3 rings (SSSR count). The first-order valence-corrected chi connectivity index (χ1v) is 7.52. The Hall–Kier alpha value is -2.64. The molecule has 2 aromatic rings. The second-order valence-corrected chi connectivity index (χ2v) is 5.71. The van der Waals surface area contributed by atoms with E-state index < -0.39 is 0 Å². The minimum absolute atomic E-state index is 0.0822. The molecule has 8 heteroatoms. The van der Waals surface area contributed by atoms with Crippen LogP contribution in [0.1, 0.15) is 47.0 Å². The van der Waals surface area contributed by atoms with Gasteiger partial charge in [-0.15, -0.1) is 0 Å². The predicted octanol–water partition coefficient (Wildman–Crippen LogP) is 0.972. The molecule has 1 unspecified atom stereocenters. The average Bonchev–Trinajstić information content (AvgIpc) is 3.24. The van der Waals surface area contributed by atoms with Gasteiger partial charge in [-0.05, 0) is 13.3 Å². The van der Waals surface area contributed by atoms with Crippen LogP contribution in [0.3, 0.4) is 0 Å². The number of oxazole rings is 1. The topological polar surface area (TPSA) is 104 Å². The molecule has 2 amide bonds. The monoisotopic (exact) mass is 317 g/mol.